The topological polar surface area (TPSA) is 46.5 Å². The van der Waals surface area contributed by atoms with E-state index in [1.54, 1.807) is 18.4 Å². The maximum absolute atomic E-state index is 11.2. The van der Waals surface area contributed by atoms with Crippen LogP contribution in [0.1, 0.15) is 11.1 Å². The molecule has 0 aliphatic carbocycles. The van der Waals surface area contributed by atoms with Gasteiger partial charge in [0.05, 0.1) is 5.69 Å². The normalized spacial score (nSPS) is 11.9. The molecule has 1 rings (SSSR count). The van der Waals surface area contributed by atoms with Crippen molar-refractivity contribution in [3.8, 4) is 0 Å². The summed E-state index contributed by atoms with van der Waals surface area (Å²) in [7, 11) is -1.00. The van der Waals surface area contributed by atoms with E-state index in [4.69, 9.17) is 0 Å². The molecule has 0 spiro atoms. The molecule has 3 nitrogen and oxygen atoms in total. The lowest BCUT2D eigenvalue weighted by molar-refractivity contribution is 0.565. The predicted molar refractivity (Wildman–Crippen MR) is 56.0 cm³/mol. The Kier molecular flexibility index (Phi) is 3.33. The van der Waals surface area contributed by atoms with Crippen LogP contribution in [0, 0.1) is 13.8 Å². The van der Waals surface area contributed by atoms with Crippen molar-refractivity contribution in [1.82, 2.24) is 0 Å². The van der Waals surface area contributed by atoms with E-state index in [9.17, 15) is 9.00 Å². The van der Waals surface area contributed by atoms with Gasteiger partial charge in [-0.2, -0.15) is 4.99 Å². The van der Waals surface area contributed by atoms with Gasteiger partial charge in [0.15, 0.2) is 0 Å². The van der Waals surface area contributed by atoms with Crippen LogP contribution in [0.15, 0.2) is 22.0 Å². The van der Waals surface area contributed by atoms with E-state index in [1.165, 1.54) is 6.08 Å². The summed E-state index contributed by atoms with van der Waals surface area (Å²) in [6.07, 6.45) is 3.14. The highest BCUT2D eigenvalue weighted by molar-refractivity contribution is 7.84. The SMILES string of the molecule is Cc1cc(S(C)=O)cc(C)c1N=C=O. The third-order valence-electron chi connectivity index (χ3n) is 1.95. The molecule has 0 N–H and O–H groups in total. The fourth-order valence-corrected chi connectivity index (χ4v) is 1.99. The molecule has 0 radical (unpaired) electrons. The molecule has 0 aromatic heterocycles. The van der Waals surface area contributed by atoms with Crippen LogP contribution in [0.5, 0.6) is 0 Å². The van der Waals surface area contributed by atoms with Gasteiger partial charge in [0.2, 0.25) is 6.08 Å². The number of isocyanates is 1. The molecule has 1 aromatic carbocycles. The van der Waals surface area contributed by atoms with Gasteiger partial charge < -0.3 is 0 Å². The molecular formula is C10H11NO2S. The second-order valence-electron chi connectivity index (χ2n) is 3.06. The molecule has 0 saturated carbocycles. The van der Waals surface area contributed by atoms with Gasteiger partial charge in [-0.15, -0.1) is 0 Å². The second kappa shape index (κ2) is 4.31. The lowest BCUT2D eigenvalue weighted by atomic mass is 10.1. The van der Waals surface area contributed by atoms with Crippen molar-refractivity contribution in [3.63, 3.8) is 0 Å². The first kappa shape index (κ1) is 10.8. The van der Waals surface area contributed by atoms with Crippen molar-refractivity contribution in [2.45, 2.75) is 18.7 Å². The van der Waals surface area contributed by atoms with Crippen LogP contribution in [0.4, 0.5) is 5.69 Å². The average molecular weight is 209 g/mol. The maximum Gasteiger partial charge on any atom is 0.240 e. The Morgan fingerprint density at radius 3 is 2.14 bits per heavy atom. The molecule has 0 aliphatic rings. The summed E-state index contributed by atoms with van der Waals surface area (Å²) in [6, 6.07) is 3.55. The van der Waals surface area contributed by atoms with Gasteiger partial charge in [-0.25, -0.2) is 4.79 Å². The highest BCUT2D eigenvalue weighted by Crippen LogP contribution is 2.25. The van der Waals surface area contributed by atoms with E-state index in [2.05, 4.69) is 4.99 Å². The molecule has 0 saturated heterocycles. The second-order valence-corrected chi connectivity index (χ2v) is 4.44. The lowest BCUT2D eigenvalue weighted by Crippen LogP contribution is -1.90. The van der Waals surface area contributed by atoms with Crippen molar-refractivity contribution in [1.29, 1.82) is 0 Å². The fraction of sp³-hybridized carbons (Fsp3) is 0.300. The van der Waals surface area contributed by atoms with E-state index in [0.717, 1.165) is 16.0 Å². The maximum atomic E-state index is 11.2. The Bertz CT molecular complexity index is 411. The van der Waals surface area contributed by atoms with Gasteiger partial charge in [-0.3, -0.25) is 4.21 Å². The third-order valence-corrected chi connectivity index (χ3v) is 2.85. The van der Waals surface area contributed by atoms with E-state index in [1.807, 2.05) is 13.8 Å². The summed E-state index contributed by atoms with van der Waals surface area (Å²) in [6.45, 7) is 3.67. The van der Waals surface area contributed by atoms with Crippen LogP contribution in [0.25, 0.3) is 0 Å². The molecule has 74 valence electrons. The molecule has 0 bridgehead atoms. The Morgan fingerprint density at radius 1 is 1.29 bits per heavy atom. The minimum Gasteiger partial charge on any atom is -0.255 e. The van der Waals surface area contributed by atoms with Crippen molar-refractivity contribution >= 4 is 22.6 Å². The Labute approximate surface area is 85.3 Å². The molecule has 0 fully saturated rings. The van der Waals surface area contributed by atoms with Gasteiger partial charge in [0, 0.05) is 22.0 Å². The van der Waals surface area contributed by atoms with Crippen molar-refractivity contribution in [2.75, 3.05) is 6.26 Å². The van der Waals surface area contributed by atoms with Crippen LogP contribution >= 0.6 is 0 Å². The standard InChI is InChI=1S/C10H11NO2S/c1-7-4-9(14(3)13)5-8(2)10(7)11-6-12/h4-5H,1-3H3. The number of hydrogen-bond acceptors (Lipinski definition) is 3. The number of nitrogens with zero attached hydrogens (tertiary/aromatic N) is 1. The minimum absolute atomic E-state index is 0.620. The summed E-state index contributed by atoms with van der Waals surface area (Å²) in [5, 5.41) is 0. The number of rotatable bonds is 2. The van der Waals surface area contributed by atoms with Gasteiger partial charge >= 0.3 is 0 Å². The first-order chi connectivity index (χ1) is 6.56. The summed E-state index contributed by atoms with van der Waals surface area (Å²) >= 11 is 0. The van der Waals surface area contributed by atoms with Gasteiger partial charge in [0.1, 0.15) is 0 Å². The zero-order valence-corrected chi connectivity index (χ0v) is 9.14. The number of hydrogen-bond donors (Lipinski definition) is 0. The Balaban J connectivity index is 3.39. The highest BCUT2D eigenvalue weighted by atomic mass is 32.2. The summed E-state index contributed by atoms with van der Waals surface area (Å²) in [5.74, 6) is 0. The first-order valence-corrected chi connectivity index (χ1v) is 5.64. The summed E-state index contributed by atoms with van der Waals surface area (Å²) in [4.78, 5) is 14.5. The van der Waals surface area contributed by atoms with Gasteiger partial charge in [0.25, 0.3) is 0 Å². The number of aryl methyl sites for hydroxylation is 2. The van der Waals surface area contributed by atoms with Crippen LogP contribution < -0.4 is 0 Å². The number of aliphatic imine (C=N–C) groups is 1. The molecule has 14 heavy (non-hydrogen) atoms. The van der Waals surface area contributed by atoms with Crippen LogP contribution in [0.2, 0.25) is 0 Å². The number of carbonyl (C=O) groups excluding carboxylic acids is 1. The first-order valence-electron chi connectivity index (χ1n) is 4.09. The molecule has 0 amide bonds. The van der Waals surface area contributed by atoms with Crippen molar-refractivity contribution in [3.05, 3.63) is 23.3 Å². The van der Waals surface area contributed by atoms with Gasteiger partial charge in [-0.1, -0.05) is 0 Å². The Morgan fingerprint density at radius 2 is 1.79 bits per heavy atom. The van der Waals surface area contributed by atoms with Gasteiger partial charge in [-0.05, 0) is 37.1 Å². The zero-order valence-electron chi connectivity index (χ0n) is 8.33. The fourth-order valence-electron chi connectivity index (χ4n) is 1.30. The van der Waals surface area contributed by atoms with Crippen molar-refractivity contribution < 1.29 is 9.00 Å². The summed E-state index contributed by atoms with van der Waals surface area (Å²) in [5.41, 5.74) is 2.31. The largest absolute Gasteiger partial charge is 0.255 e. The highest BCUT2D eigenvalue weighted by Gasteiger charge is 2.05. The summed E-state index contributed by atoms with van der Waals surface area (Å²) < 4.78 is 11.2. The van der Waals surface area contributed by atoms with Crippen LogP contribution in [-0.4, -0.2) is 16.5 Å². The molecule has 1 unspecified atom stereocenters. The average Bonchev–Trinajstić information content (AvgIpc) is 2.10. The molecule has 4 heteroatoms. The quantitative estimate of drug-likeness (QED) is 0.552. The predicted octanol–water partition coefficient (Wildman–Crippen LogP) is 2.01. The molecule has 0 aliphatic heterocycles. The number of benzene rings is 1. The molecule has 1 atom stereocenters. The molecular weight excluding hydrogens is 198 g/mol. The smallest absolute Gasteiger partial charge is 0.240 e. The van der Waals surface area contributed by atoms with E-state index in [0.29, 0.717) is 5.69 Å². The van der Waals surface area contributed by atoms with E-state index >= 15 is 0 Å². The lowest BCUT2D eigenvalue weighted by Gasteiger charge is -2.05. The minimum atomic E-state index is -1.00. The van der Waals surface area contributed by atoms with Crippen LogP contribution in [0.3, 0.4) is 0 Å². The Hall–Kier alpha value is -1.25. The molecule has 0 heterocycles. The zero-order chi connectivity index (χ0) is 10.7. The van der Waals surface area contributed by atoms with E-state index < -0.39 is 10.8 Å². The third kappa shape index (κ3) is 2.16. The van der Waals surface area contributed by atoms with Crippen LogP contribution in [-0.2, 0) is 15.6 Å². The van der Waals surface area contributed by atoms with E-state index in [-0.39, 0.29) is 0 Å². The van der Waals surface area contributed by atoms with Crippen molar-refractivity contribution in [2.24, 2.45) is 4.99 Å². The monoisotopic (exact) mass is 209 g/mol. The molecule has 1 aromatic rings.